The molecule has 0 aromatic heterocycles. The predicted octanol–water partition coefficient (Wildman–Crippen LogP) is 5.27. The summed E-state index contributed by atoms with van der Waals surface area (Å²) in [6.45, 7) is 8.04. The van der Waals surface area contributed by atoms with Crippen molar-refractivity contribution in [2.75, 3.05) is 23.7 Å². The van der Waals surface area contributed by atoms with Gasteiger partial charge in [0, 0.05) is 41.2 Å². The zero-order valence-electron chi connectivity index (χ0n) is 22.5. The smallest absolute Gasteiger partial charge is 0.243 e. The van der Waals surface area contributed by atoms with E-state index in [4.69, 9.17) is 27.9 Å². The maximum atomic E-state index is 13.5. The number of anilines is 1. The normalized spacial score (nSPS) is 12.2. The summed E-state index contributed by atoms with van der Waals surface area (Å²) < 4.78 is 31.8. The standard InChI is InChI=1S/C27H37Cl2N3O5S/c1-6-25(27(34)30-19(3)4)31(18-22-23(28)10-8-11-24(22)29)26(33)12-9-17-32(38(5,35)36)20-13-15-21(16-14-20)37-7-2/h8,10-11,13-16,19,25H,6-7,9,12,17-18H2,1-5H3,(H,30,34)/t25-/m1/s1. The van der Waals surface area contributed by atoms with Gasteiger partial charge < -0.3 is 15.0 Å². The van der Waals surface area contributed by atoms with Gasteiger partial charge in [0.1, 0.15) is 11.8 Å². The predicted molar refractivity (Wildman–Crippen MR) is 153 cm³/mol. The van der Waals surface area contributed by atoms with Gasteiger partial charge in [-0.15, -0.1) is 0 Å². The second-order valence-corrected chi connectivity index (χ2v) is 11.9. The van der Waals surface area contributed by atoms with Crippen LogP contribution in [0.1, 0.15) is 52.5 Å². The molecule has 8 nitrogen and oxygen atoms in total. The van der Waals surface area contributed by atoms with Gasteiger partial charge in [-0.2, -0.15) is 0 Å². The van der Waals surface area contributed by atoms with E-state index >= 15 is 0 Å². The van der Waals surface area contributed by atoms with Gasteiger partial charge >= 0.3 is 0 Å². The van der Waals surface area contributed by atoms with Crippen molar-refractivity contribution in [3.8, 4) is 5.75 Å². The molecule has 0 spiro atoms. The monoisotopic (exact) mass is 585 g/mol. The highest BCUT2D eigenvalue weighted by molar-refractivity contribution is 7.92. The number of nitrogens with zero attached hydrogens (tertiary/aromatic N) is 2. The molecule has 0 unspecified atom stereocenters. The molecule has 0 radical (unpaired) electrons. The number of hydrogen-bond donors (Lipinski definition) is 1. The van der Waals surface area contributed by atoms with Gasteiger partial charge in [0.15, 0.2) is 0 Å². The van der Waals surface area contributed by atoms with E-state index in [9.17, 15) is 18.0 Å². The number of amides is 2. The first-order chi connectivity index (χ1) is 17.9. The van der Waals surface area contributed by atoms with E-state index in [-0.39, 0.29) is 43.8 Å². The van der Waals surface area contributed by atoms with Crippen LogP contribution in [0.3, 0.4) is 0 Å². The lowest BCUT2D eigenvalue weighted by molar-refractivity contribution is -0.141. The number of carbonyl (C=O) groups is 2. The molecule has 11 heteroatoms. The molecule has 0 bridgehead atoms. The van der Waals surface area contributed by atoms with Gasteiger partial charge in [0.2, 0.25) is 21.8 Å². The first-order valence-corrected chi connectivity index (χ1v) is 15.2. The van der Waals surface area contributed by atoms with Crippen molar-refractivity contribution in [1.29, 1.82) is 0 Å². The fraction of sp³-hybridized carbons (Fsp3) is 0.481. The van der Waals surface area contributed by atoms with E-state index in [1.54, 1.807) is 42.5 Å². The fourth-order valence-corrected chi connectivity index (χ4v) is 5.52. The average molecular weight is 587 g/mol. The third kappa shape index (κ3) is 9.06. The quantitative estimate of drug-likeness (QED) is 0.326. The van der Waals surface area contributed by atoms with Crippen molar-refractivity contribution in [1.82, 2.24) is 10.2 Å². The number of ether oxygens (including phenoxy) is 1. The Morgan fingerprint density at radius 2 is 1.63 bits per heavy atom. The highest BCUT2D eigenvalue weighted by Gasteiger charge is 2.30. The van der Waals surface area contributed by atoms with Crippen LogP contribution < -0.4 is 14.4 Å². The minimum absolute atomic E-state index is 0.0244. The Morgan fingerprint density at radius 1 is 1.03 bits per heavy atom. The number of rotatable bonds is 14. The van der Waals surface area contributed by atoms with Gasteiger partial charge in [-0.25, -0.2) is 8.42 Å². The largest absolute Gasteiger partial charge is 0.494 e. The lowest BCUT2D eigenvalue weighted by Crippen LogP contribution is -2.50. The number of benzene rings is 2. The molecular formula is C27H37Cl2N3O5S. The van der Waals surface area contributed by atoms with Crippen LogP contribution in [0.2, 0.25) is 10.0 Å². The van der Waals surface area contributed by atoms with Crippen molar-refractivity contribution in [3.63, 3.8) is 0 Å². The Labute approximate surface area is 236 Å². The molecule has 2 aromatic carbocycles. The maximum Gasteiger partial charge on any atom is 0.243 e. The highest BCUT2D eigenvalue weighted by Crippen LogP contribution is 2.28. The SMILES string of the molecule is CCOc1ccc(N(CCCC(=O)N(Cc2c(Cl)cccc2Cl)[C@H](CC)C(=O)NC(C)C)S(C)(=O)=O)cc1. The van der Waals surface area contributed by atoms with Gasteiger partial charge in [0.25, 0.3) is 0 Å². The summed E-state index contributed by atoms with van der Waals surface area (Å²) in [6.07, 6.45) is 1.78. The molecule has 0 saturated heterocycles. The second kappa shape index (κ2) is 14.6. The van der Waals surface area contributed by atoms with Gasteiger partial charge in [-0.05, 0) is 70.0 Å². The van der Waals surface area contributed by atoms with Crippen molar-refractivity contribution in [2.45, 2.75) is 65.6 Å². The number of hydrogen-bond acceptors (Lipinski definition) is 5. The summed E-state index contributed by atoms with van der Waals surface area (Å²) >= 11 is 12.8. The van der Waals surface area contributed by atoms with Gasteiger partial charge in [0.05, 0.1) is 18.6 Å². The zero-order chi connectivity index (χ0) is 28.5. The Hall–Kier alpha value is -2.49. The van der Waals surface area contributed by atoms with Crippen LogP contribution in [0, 0.1) is 0 Å². The van der Waals surface area contributed by atoms with Crippen molar-refractivity contribution < 1.29 is 22.7 Å². The Kier molecular flexibility index (Phi) is 12.2. The van der Waals surface area contributed by atoms with Gasteiger partial charge in [-0.3, -0.25) is 13.9 Å². The molecule has 1 atom stereocenters. The van der Waals surface area contributed by atoms with Gasteiger partial charge in [-0.1, -0.05) is 36.2 Å². The first-order valence-electron chi connectivity index (χ1n) is 12.6. The molecule has 0 saturated carbocycles. The summed E-state index contributed by atoms with van der Waals surface area (Å²) in [6, 6.07) is 11.0. The molecule has 210 valence electrons. The van der Waals surface area contributed by atoms with E-state index in [1.165, 1.54) is 9.21 Å². The summed E-state index contributed by atoms with van der Waals surface area (Å²) in [5.74, 6) is 0.0668. The number of halogens is 2. The third-order valence-corrected chi connectivity index (χ3v) is 7.70. The molecule has 0 heterocycles. The Balaban J connectivity index is 2.25. The van der Waals surface area contributed by atoms with Crippen LogP contribution in [-0.2, 0) is 26.2 Å². The van der Waals surface area contributed by atoms with Crippen LogP contribution >= 0.6 is 23.2 Å². The number of sulfonamides is 1. The molecule has 2 aromatic rings. The van der Waals surface area contributed by atoms with E-state index in [1.807, 2.05) is 27.7 Å². The van der Waals surface area contributed by atoms with Crippen LogP contribution in [0.4, 0.5) is 5.69 Å². The number of carbonyl (C=O) groups excluding carboxylic acids is 2. The summed E-state index contributed by atoms with van der Waals surface area (Å²) in [5.41, 5.74) is 1.03. The van der Waals surface area contributed by atoms with Crippen LogP contribution in [0.5, 0.6) is 5.75 Å². The second-order valence-electron chi connectivity index (χ2n) is 9.17. The summed E-state index contributed by atoms with van der Waals surface area (Å²) in [7, 11) is -3.60. The lowest BCUT2D eigenvalue weighted by atomic mass is 10.1. The number of nitrogens with one attached hydrogen (secondary N) is 1. The minimum Gasteiger partial charge on any atom is -0.494 e. The van der Waals surface area contributed by atoms with E-state index in [0.29, 0.717) is 40.1 Å². The molecule has 0 aliphatic carbocycles. The molecule has 0 aliphatic heterocycles. The average Bonchev–Trinajstić information content (AvgIpc) is 2.83. The molecule has 1 N–H and O–H groups in total. The minimum atomic E-state index is -3.60. The van der Waals surface area contributed by atoms with Crippen molar-refractivity contribution in [2.24, 2.45) is 0 Å². The van der Waals surface area contributed by atoms with Crippen LogP contribution in [0.15, 0.2) is 42.5 Å². The fourth-order valence-electron chi connectivity index (χ4n) is 4.03. The Bertz CT molecular complexity index is 1170. The maximum absolute atomic E-state index is 13.5. The molecule has 2 amide bonds. The molecule has 38 heavy (non-hydrogen) atoms. The van der Waals surface area contributed by atoms with E-state index in [0.717, 1.165) is 6.26 Å². The van der Waals surface area contributed by atoms with E-state index < -0.39 is 16.1 Å². The van der Waals surface area contributed by atoms with Crippen LogP contribution in [0.25, 0.3) is 0 Å². The molecular weight excluding hydrogens is 549 g/mol. The Morgan fingerprint density at radius 3 is 2.13 bits per heavy atom. The third-order valence-electron chi connectivity index (χ3n) is 5.79. The van der Waals surface area contributed by atoms with E-state index in [2.05, 4.69) is 5.32 Å². The molecule has 2 rings (SSSR count). The highest BCUT2D eigenvalue weighted by atomic mass is 35.5. The topological polar surface area (TPSA) is 96.0 Å². The summed E-state index contributed by atoms with van der Waals surface area (Å²) in [5, 5.41) is 3.67. The molecule has 0 fully saturated rings. The zero-order valence-corrected chi connectivity index (χ0v) is 24.9. The van der Waals surface area contributed by atoms with Crippen molar-refractivity contribution >= 4 is 50.7 Å². The first kappa shape index (κ1) is 31.7. The lowest BCUT2D eigenvalue weighted by Gasteiger charge is -2.32. The molecule has 0 aliphatic rings. The summed E-state index contributed by atoms with van der Waals surface area (Å²) in [4.78, 5) is 28.0. The van der Waals surface area contributed by atoms with Crippen molar-refractivity contribution in [3.05, 3.63) is 58.1 Å². The van der Waals surface area contributed by atoms with Crippen LogP contribution in [-0.4, -0.2) is 56.6 Å².